The zero-order chi connectivity index (χ0) is 30.1. The summed E-state index contributed by atoms with van der Waals surface area (Å²) in [6, 6.07) is 19.4. The highest BCUT2D eigenvalue weighted by Gasteiger charge is 2.43. The maximum absolute atomic E-state index is 15.6. The Labute approximate surface area is 246 Å². The van der Waals surface area contributed by atoms with Crippen LogP contribution in [0.25, 0.3) is 11.1 Å². The van der Waals surface area contributed by atoms with Crippen LogP contribution in [0.15, 0.2) is 66.7 Å². The van der Waals surface area contributed by atoms with Crippen LogP contribution in [-0.4, -0.2) is 62.9 Å². The zero-order valence-electron chi connectivity index (χ0n) is 24.5. The minimum absolute atomic E-state index is 0.0994. The third kappa shape index (κ3) is 7.09. The number of carbonyl (C=O) groups is 2. The molecule has 2 amide bonds. The summed E-state index contributed by atoms with van der Waals surface area (Å²) in [7, 11) is 4.71. The number of nitrogens with one attached hydrogen (secondary N) is 2. The lowest BCUT2D eigenvalue weighted by Crippen LogP contribution is -2.48. The molecular weight excluding hydrogens is 537 g/mol. The molecule has 3 aromatic rings. The number of hydrogen-bond donors (Lipinski definition) is 3. The summed E-state index contributed by atoms with van der Waals surface area (Å²) in [5.74, 6) is -0.360. The molecule has 0 radical (unpaired) electrons. The van der Waals surface area contributed by atoms with Crippen LogP contribution >= 0.6 is 0 Å². The Morgan fingerprint density at radius 3 is 2.57 bits per heavy atom. The highest BCUT2D eigenvalue weighted by molar-refractivity contribution is 5.94. The molecule has 1 heterocycles. The first-order valence-corrected chi connectivity index (χ1v) is 14.3. The highest BCUT2D eigenvalue weighted by atomic mass is 19.1. The van der Waals surface area contributed by atoms with E-state index in [4.69, 9.17) is 4.74 Å². The van der Waals surface area contributed by atoms with Crippen LogP contribution in [0.3, 0.4) is 0 Å². The Bertz CT molecular complexity index is 1370. The number of ether oxygens (including phenoxy) is 2. The maximum Gasteiger partial charge on any atom is 0.406 e. The van der Waals surface area contributed by atoms with Gasteiger partial charge in [0.1, 0.15) is 11.6 Å². The molecule has 3 aromatic carbocycles. The molecule has 0 bridgehead atoms. The van der Waals surface area contributed by atoms with Gasteiger partial charge >= 0.3 is 6.09 Å². The van der Waals surface area contributed by atoms with Crippen molar-refractivity contribution in [2.75, 3.05) is 40.9 Å². The molecule has 1 fully saturated rings. The van der Waals surface area contributed by atoms with Gasteiger partial charge in [0.2, 0.25) is 0 Å². The Morgan fingerprint density at radius 2 is 1.86 bits per heavy atom. The van der Waals surface area contributed by atoms with Crippen molar-refractivity contribution >= 4 is 12.0 Å². The van der Waals surface area contributed by atoms with Crippen molar-refractivity contribution < 1.29 is 28.6 Å². The number of piperidine rings is 1. The van der Waals surface area contributed by atoms with Crippen molar-refractivity contribution in [2.24, 2.45) is 5.92 Å². The first-order chi connectivity index (χ1) is 20.3. The van der Waals surface area contributed by atoms with Gasteiger partial charge in [-0.15, -0.1) is 0 Å². The van der Waals surface area contributed by atoms with E-state index in [2.05, 4.69) is 15.4 Å². The molecule has 2 unspecified atom stereocenters. The lowest BCUT2D eigenvalue weighted by molar-refractivity contribution is -0.0564. The van der Waals surface area contributed by atoms with Gasteiger partial charge in [-0.05, 0) is 79.8 Å². The molecule has 224 valence electrons. The topological polar surface area (TPSA) is 100 Å². The summed E-state index contributed by atoms with van der Waals surface area (Å²) in [4.78, 5) is 27.0. The van der Waals surface area contributed by atoms with Gasteiger partial charge < -0.3 is 30.1 Å². The number of aliphatic hydroxyl groups is 1. The van der Waals surface area contributed by atoms with Gasteiger partial charge in [0, 0.05) is 43.2 Å². The van der Waals surface area contributed by atoms with Crippen LogP contribution in [0.5, 0.6) is 5.75 Å². The number of nitrogens with zero attached hydrogens (tertiary/aromatic N) is 1. The van der Waals surface area contributed by atoms with E-state index in [0.29, 0.717) is 66.9 Å². The Balaban J connectivity index is 1.69. The number of rotatable bonds is 11. The van der Waals surface area contributed by atoms with Crippen molar-refractivity contribution in [3.05, 3.63) is 89.2 Å². The molecule has 1 aliphatic rings. The van der Waals surface area contributed by atoms with E-state index in [0.717, 1.165) is 5.56 Å². The van der Waals surface area contributed by atoms with Crippen molar-refractivity contribution in [3.63, 3.8) is 0 Å². The molecule has 2 atom stereocenters. The molecule has 3 N–H and O–H groups in total. The molecule has 42 heavy (non-hydrogen) atoms. The molecule has 0 saturated carbocycles. The summed E-state index contributed by atoms with van der Waals surface area (Å²) in [5.41, 5.74) is 1.50. The van der Waals surface area contributed by atoms with Gasteiger partial charge in [-0.1, -0.05) is 36.4 Å². The molecule has 1 aliphatic heterocycles. The number of likely N-dealkylation sites (tertiary alicyclic amines) is 1. The molecule has 0 spiro atoms. The van der Waals surface area contributed by atoms with Crippen LogP contribution in [0, 0.1) is 11.7 Å². The fourth-order valence-electron chi connectivity index (χ4n) is 5.84. The van der Waals surface area contributed by atoms with Gasteiger partial charge in [-0.2, -0.15) is 0 Å². The summed E-state index contributed by atoms with van der Waals surface area (Å²) in [5, 5.41) is 18.4. The average molecular weight is 578 g/mol. The van der Waals surface area contributed by atoms with E-state index in [1.54, 1.807) is 48.4 Å². The Morgan fingerprint density at radius 1 is 1.10 bits per heavy atom. The highest BCUT2D eigenvalue weighted by Crippen LogP contribution is 2.44. The molecule has 4 rings (SSSR count). The number of carbonyl (C=O) groups excluding carboxylic acids is 2. The molecular formula is C33H40FN3O5. The van der Waals surface area contributed by atoms with Gasteiger partial charge in [0.15, 0.2) is 0 Å². The third-order valence-corrected chi connectivity index (χ3v) is 7.99. The minimum Gasteiger partial charge on any atom is -0.497 e. The van der Waals surface area contributed by atoms with Gasteiger partial charge in [0.25, 0.3) is 5.91 Å². The first-order valence-electron chi connectivity index (χ1n) is 14.3. The second-order valence-electron chi connectivity index (χ2n) is 10.7. The summed E-state index contributed by atoms with van der Waals surface area (Å²) in [6.45, 7) is 1.86. The number of alkyl carbamates (subject to hydrolysis) is 1. The van der Waals surface area contributed by atoms with Crippen molar-refractivity contribution in [3.8, 4) is 16.9 Å². The van der Waals surface area contributed by atoms with Crippen LogP contribution in [-0.2, 0) is 16.9 Å². The number of amides is 2. The predicted molar refractivity (Wildman–Crippen MR) is 160 cm³/mol. The van der Waals surface area contributed by atoms with Crippen LogP contribution in [0.4, 0.5) is 9.18 Å². The van der Waals surface area contributed by atoms with Crippen LogP contribution in [0.2, 0.25) is 0 Å². The second-order valence-corrected chi connectivity index (χ2v) is 10.7. The van der Waals surface area contributed by atoms with E-state index < -0.39 is 17.5 Å². The van der Waals surface area contributed by atoms with E-state index in [1.165, 1.54) is 13.2 Å². The molecule has 9 heteroatoms. The van der Waals surface area contributed by atoms with Crippen LogP contribution < -0.4 is 15.4 Å². The van der Waals surface area contributed by atoms with Crippen molar-refractivity contribution in [1.29, 1.82) is 0 Å². The monoisotopic (exact) mass is 577 g/mol. The first kappa shape index (κ1) is 31.0. The predicted octanol–water partition coefficient (Wildman–Crippen LogP) is 5.10. The number of benzene rings is 3. The standard InChI is InChI=1S/C33H40FN3O5/c1-35-21-23-13-15-24(16-14-23)31(38)37-19-6-9-26(22-37)33(40,17-7-18-36-32(39)42-3)28-11-5-12-29(34)30(28)25-8-4-10-27(20-25)41-2/h4-5,8,10-16,20,26,35,40H,6-7,9,17-19,21-22H2,1-3H3,(H,36,39). The van der Waals surface area contributed by atoms with E-state index >= 15 is 4.39 Å². The van der Waals surface area contributed by atoms with E-state index in [9.17, 15) is 14.7 Å². The third-order valence-electron chi connectivity index (χ3n) is 7.99. The summed E-state index contributed by atoms with van der Waals surface area (Å²) < 4.78 is 25.7. The number of hydrogen-bond acceptors (Lipinski definition) is 6. The fourth-order valence-corrected chi connectivity index (χ4v) is 5.84. The van der Waals surface area contributed by atoms with E-state index in [1.807, 2.05) is 31.3 Å². The summed E-state index contributed by atoms with van der Waals surface area (Å²) in [6.07, 6.45) is 1.44. The average Bonchev–Trinajstić information content (AvgIpc) is 3.03. The smallest absolute Gasteiger partial charge is 0.406 e. The molecule has 0 aliphatic carbocycles. The van der Waals surface area contributed by atoms with E-state index in [-0.39, 0.29) is 24.8 Å². The number of halogens is 1. The van der Waals surface area contributed by atoms with Crippen LogP contribution in [0.1, 0.15) is 47.2 Å². The molecule has 8 nitrogen and oxygen atoms in total. The van der Waals surface area contributed by atoms with Gasteiger partial charge in [-0.25, -0.2) is 9.18 Å². The lowest BCUT2D eigenvalue weighted by atomic mass is 9.72. The molecule has 0 aromatic heterocycles. The maximum atomic E-state index is 15.6. The quantitative estimate of drug-likeness (QED) is 0.275. The normalized spacial score (nSPS) is 16.4. The van der Waals surface area contributed by atoms with Crippen molar-refractivity contribution in [2.45, 2.75) is 37.8 Å². The minimum atomic E-state index is -1.49. The van der Waals surface area contributed by atoms with Gasteiger partial charge in [-0.3, -0.25) is 4.79 Å². The SMILES string of the molecule is CNCc1ccc(C(=O)N2CCCC(C(O)(CCCNC(=O)OC)c3cccc(F)c3-c3cccc(OC)c3)C2)cc1. The number of methoxy groups -OCH3 is 2. The Kier molecular flexibility index (Phi) is 10.5. The fraction of sp³-hybridized carbons (Fsp3) is 0.394. The molecule has 1 saturated heterocycles. The van der Waals surface area contributed by atoms with Gasteiger partial charge in [0.05, 0.1) is 19.8 Å². The lowest BCUT2D eigenvalue weighted by Gasteiger charge is -2.43. The zero-order valence-corrected chi connectivity index (χ0v) is 24.5. The summed E-state index contributed by atoms with van der Waals surface area (Å²) >= 11 is 0. The largest absolute Gasteiger partial charge is 0.497 e. The second kappa shape index (κ2) is 14.3. The van der Waals surface area contributed by atoms with Crippen molar-refractivity contribution in [1.82, 2.24) is 15.5 Å². The Hall–Kier alpha value is -3.95.